The summed E-state index contributed by atoms with van der Waals surface area (Å²) in [4.78, 5) is 52.8. The first-order valence-electron chi connectivity index (χ1n) is 17.0. The van der Waals surface area contributed by atoms with Crippen molar-refractivity contribution in [1.29, 1.82) is 0 Å². The van der Waals surface area contributed by atoms with Gasteiger partial charge in [-0.3, -0.25) is 0 Å². The molecule has 13 heteroatoms. The van der Waals surface area contributed by atoms with E-state index in [4.69, 9.17) is 42.6 Å². The number of esters is 4. The van der Waals surface area contributed by atoms with Crippen LogP contribution >= 0.6 is 0 Å². The molecule has 274 valence electrons. The molecule has 0 aromatic heterocycles. The molecule has 0 unspecified atom stereocenters. The molecule has 9 atom stereocenters. The van der Waals surface area contributed by atoms with Gasteiger partial charge in [-0.1, -0.05) is 72.8 Å². The molecule has 13 nitrogen and oxygen atoms in total. The van der Waals surface area contributed by atoms with Crippen molar-refractivity contribution in [2.75, 3.05) is 20.3 Å². The zero-order valence-corrected chi connectivity index (χ0v) is 28.5. The minimum absolute atomic E-state index is 0.0750. The first-order chi connectivity index (χ1) is 25.9. The molecule has 0 aliphatic carbocycles. The summed E-state index contributed by atoms with van der Waals surface area (Å²) >= 11 is 0. The van der Waals surface area contributed by atoms with Crippen LogP contribution in [0.3, 0.4) is 0 Å². The highest BCUT2D eigenvalue weighted by Gasteiger charge is 2.60. The number of fused-ring (bicyclic) bond motifs is 1. The molecule has 0 amide bonds. The molecular weight excluding hydrogens is 688 g/mol. The van der Waals surface area contributed by atoms with Crippen molar-refractivity contribution in [1.82, 2.24) is 0 Å². The summed E-state index contributed by atoms with van der Waals surface area (Å²) in [6.45, 7) is -0.402. The van der Waals surface area contributed by atoms with Crippen LogP contribution in [0, 0.1) is 0 Å². The van der Waals surface area contributed by atoms with Gasteiger partial charge in [0, 0.05) is 7.11 Å². The Morgan fingerprint density at radius 2 is 1.06 bits per heavy atom. The lowest BCUT2D eigenvalue weighted by molar-refractivity contribution is -0.208. The van der Waals surface area contributed by atoms with Gasteiger partial charge in [-0.15, -0.1) is 0 Å². The third-order valence-corrected chi connectivity index (χ3v) is 8.90. The molecule has 4 aromatic rings. The molecule has 3 aliphatic heterocycles. The molecule has 3 heterocycles. The summed E-state index contributed by atoms with van der Waals surface area (Å²) in [5.74, 6) is -2.68. The molecule has 0 saturated carbocycles. The van der Waals surface area contributed by atoms with Crippen LogP contribution in [-0.2, 0) is 42.6 Å². The third-order valence-electron chi connectivity index (χ3n) is 8.90. The highest BCUT2D eigenvalue weighted by atomic mass is 16.8. The SMILES string of the molecule is CO[C@@H]1O[C@@H]([C@H](CO[C@@H]2O[C@H](COC(=O)c3ccccc3)[C@@H]3O[C@H]23)OC(=O)c2ccccc2)[C@H](OC(=O)c2ccccc2)[C@H]1OC(=O)c1ccccc1. The first kappa shape index (κ1) is 35.9. The van der Waals surface area contributed by atoms with Crippen molar-refractivity contribution in [3.8, 4) is 0 Å². The number of hydrogen-bond acceptors (Lipinski definition) is 13. The highest BCUT2D eigenvalue weighted by Crippen LogP contribution is 2.40. The van der Waals surface area contributed by atoms with Crippen LogP contribution in [0.25, 0.3) is 0 Å². The standard InChI is InChI=1S/C40H36O13/c1-45-39-34(52-38(44)27-20-12-5-13-21-27)32(51-37(43)26-18-10-4-11-19-26)30(53-39)28(48-36(42)25-16-8-3-9-17-25)23-47-40-33-31(50-33)29(49-40)22-46-35(41)24-14-6-2-7-15-24/h2-21,28-34,39-40H,22-23H2,1H3/t28-,29+,30-,31-,32-,33-,34+,39+,40+/m0/s1. The van der Waals surface area contributed by atoms with Gasteiger partial charge >= 0.3 is 23.9 Å². The molecule has 0 N–H and O–H groups in total. The van der Waals surface area contributed by atoms with E-state index in [1.165, 1.54) is 7.11 Å². The number of carbonyl (C=O) groups excluding carboxylic acids is 4. The Bertz CT molecular complexity index is 1860. The van der Waals surface area contributed by atoms with E-state index in [1.807, 2.05) is 0 Å². The normalized spacial score (nSPS) is 26.1. The van der Waals surface area contributed by atoms with Crippen molar-refractivity contribution >= 4 is 23.9 Å². The van der Waals surface area contributed by atoms with E-state index in [2.05, 4.69) is 0 Å². The number of epoxide rings is 1. The molecule has 3 aliphatic rings. The second-order valence-corrected chi connectivity index (χ2v) is 12.4. The molecule has 7 rings (SSSR count). The maximum absolute atomic E-state index is 13.5. The highest BCUT2D eigenvalue weighted by molar-refractivity contribution is 5.91. The van der Waals surface area contributed by atoms with E-state index < -0.39 is 73.1 Å². The Kier molecular flexibility index (Phi) is 11.2. The van der Waals surface area contributed by atoms with Gasteiger partial charge in [0.1, 0.15) is 31.0 Å². The fourth-order valence-electron chi connectivity index (χ4n) is 6.16. The molecule has 0 bridgehead atoms. The Morgan fingerprint density at radius 1 is 0.566 bits per heavy atom. The van der Waals surface area contributed by atoms with Gasteiger partial charge in [-0.25, -0.2) is 19.2 Å². The zero-order chi connectivity index (χ0) is 36.7. The molecule has 4 aromatic carbocycles. The number of carbonyl (C=O) groups is 4. The smallest absolute Gasteiger partial charge is 0.338 e. The summed E-state index contributed by atoms with van der Waals surface area (Å²) in [7, 11) is 1.34. The fourth-order valence-corrected chi connectivity index (χ4v) is 6.16. The molecule has 53 heavy (non-hydrogen) atoms. The lowest BCUT2D eigenvalue weighted by Crippen LogP contribution is -2.47. The number of benzene rings is 4. The summed E-state index contributed by atoms with van der Waals surface area (Å²) in [6.07, 6.45) is -8.75. The van der Waals surface area contributed by atoms with Crippen LogP contribution in [0.5, 0.6) is 0 Å². The average Bonchev–Trinajstić information content (AvgIpc) is 3.84. The van der Waals surface area contributed by atoms with E-state index in [9.17, 15) is 19.2 Å². The van der Waals surface area contributed by atoms with Crippen LogP contribution in [0.1, 0.15) is 41.4 Å². The summed E-state index contributed by atoms with van der Waals surface area (Å²) in [5.41, 5.74) is 1.11. The minimum Gasteiger partial charge on any atom is -0.459 e. The number of hydrogen-bond donors (Lipinski definition) is 0. The first-order valence-corrected chi connectivity index (χ1v) is 17.0. The second-order valence-electron chi connectivity index (χ2n) is 12.4. The summed E-state index contributed by atoms with van der Waals surface area (Å²) < 4.78 is 53.1. The molecule has 3 fully saturated rings. The van der Waals surface area contributed by atoms with Crippen LogP contribution in [0.15, 0.2) is 121 Å². The molecule has 0 radical (unpaired) electrons. The van der Waals surface area contributed by atoms with E-state index in [-0.39, 0.29) is 36.0 Å². The summed E-state index contributed by atoms with van der Waals surface area (Å²) in [6, 6.07) is 33.3. The molecule has 3 saturated heterocycles. The third kappa shape index (κ3) is 8.46. The Morgan fingerprint density at radius 3 is 1.58 bits per heavy atom. The van der Waals surface area contributed by atoms with Crippen LogP contribution < -0.4 is 0 Å². The van der Waals surface area contributed by atoms with E-state index >= 15 is 0 Å². The van der Waals surface area contributed by atoms with E-state index in [0.29, 0.717) is 5.56 Å². The van der Waals surface area contributed by atoms with Gasteiger partial charge < -0.3 is 42.6 Å². The largest absolute Gasteiger partial charge is 0.459 e. The lowest BCUT2D eigenvalue weighted by atomic mass is 10.0. The maximum Gasteiger partial charge on any atom is 0.338 e. The van der Waals surface area contributed by atoms with E-state index in [1.54, 1.807) is 121 Å². The van der Waals surface area contributed by atoms with Crippen molar-refractivity contribution in [3.63, 3.8) is 0 Å². The zero-order valence-electron chi connectivity index (χ0n) is 28.5. The second kappa shape index (κ2) is 16.5. The quantitative estimate of drug-likeness (QED) is 0.103. The van der Waals surface area contributed by atoms with Gasteiger partial charge in [-0.05, 0) is 48.5 Å². The fraction of sp³-hybridized carbons (Fsp3) is 0.300. The van der Waals surface area contributed by atoms with Crippen molar-refractivity contribution in [3.05, 3.63) is 144 Å². The van der Waals surface area contributed by atoms with E-state index in [0.717, 1.165) is 0 Å². The maximum atomic E-state index is 13.5. The van der Waals surface area contributed by atoms with Gasteiger partial charge in [0.05, 0.1) is 28.9 Å². The molecular formula is C40H36O13. The Balaban J connectivity index is 1.11. The van der Waals surface area contributed by atoms with Gasteiger partial charge in [0.2, 0.25) is 0 Å². The average molecular weight is 725 g/mol. The monoisotopic (exact) mass is 724 g/mol. The minimum atomic E-state index is -1.34. The Labute approximate surface area is 304 Å². The molecule has 0 spiro atoms. The van der Waals surface area contributed by atoms with Crippen molar-refractivity contribution < 1.29 is 61.8 Å². The van der Waals surface area contributed by atoms with Crippen LogP contribution in [0.4, 0.5) is 0 Å². The predicted molar refractivity (Wildman–Crippen MR) is 183 cm³/mol. The van der Waals surface area contributed by atoms with Gasteiger partial charge in [0.25, 0.3) is 0 Å². The van der Waals surface area contributed by atoms with Crippen molar-refractivity contribution in [2.45, 2.75) is 55.3 Å². The number of rotatable bonds is 14. The number of ether oxygens (including phenoxy) is 9. The van der Waals surface area contributed by atoms with Crippen molar-refractivity contribution in [2.24, 2.45) is 0 Å². The Hall–Kier alpha value is -5.44. The van der Waals surface area contributed by atoms with Crippen LogP contribution in [0.2, 0.25) is 0 Å². The topological polar surface area (TPSA) is 155 Å². The summed E-state index contributed by atoms with van der Waals surface area (Å²) in [5, 5.41) is 0. The lowest BCUT2D eigenvalue weighted by Gasteiger charge is -2.29. The predicted octanol–water partition coefficient (Wildman–Crippen LogP) is 4.40. The number of methoxy groups -OCH3 is 1. The van der Waals surface area contributed by atoms with Gasteiger partial charge in [-0.2, -0.15) is 0 Å². The van der Waals surface area contributed by atoms with Crippen LogP contribution in [-0.4, -0.2) is 99.5 Å². The van der Waals surface area contributed by atoms with Gasteiger partial charge in [0.15, 0.2) is 30.9 Å².